The standard InChI is InChI=1S/C14H13N5OS2/c20-12(16-8-10-3-5-15-6-4-10)9-19-13(17-18-14(19)21)11-2-1-7-22-11/h1-7H,8-9H2,(H,16,20)(H,18,21). The zero-order valence-corrected chi connectivity index (χ0v) is 13.2. The minimum absolute atomic E-state index is 0.118. The molecule has 3 rings (SSSR count). The fourth-order valence-electron chi connectivity index (χ4n) is 1.96. The van der Waals surface area contributed by atoms with Gasteiger partial charge in [0.25, 0.3) is 0 Å². The summed E-state index contributed by atoms with van der Waals surface area (Å²) < 4.78 is 2.13. The second-order valence-corrected chi connectivity index (χ2v) is 5.88. The third-order valence-corrected chi connectivity index (χ3v) is 4.22. The summed E-state index contributed by atoms with van der Waals surface area (Å²) in [6, 6.07) is 7.61. The van der Waals surface area contributed by atoms with Gasteiger partial charge in [0.05, 0.1) is 4.88 Å². The Labute approximate surface area is 135 Å². The van der Waals surface area contributed by atoms with Crippen molar-refractivity contribution in [1.82, 2.24) is 25.1 Å². The molecule has 0 saturated heterocycles. The highest BCUT2D eigenvalue weighted by atomic mass is 32.1. The van der Waals surface area contributed by atoms with Crippen molar-refractivity contribution in [3.05, 3.63) is 52.4 Å². The van der Waals surface area contributed by atoms with Crippen molar-refractivity contribution in [2.75, 3.05) is 0 Å². The average molecular weight is 331 g/mol. The average Bonchev–Trinajstić information content (AvgIpc) is 3.17. The number of hydrogen-bond donors (Lipinski definition) is 2. The summed E-state index contributed by atoms with van der Waals surface area (Å²) in [6.45, 7) is 0.592. The van der Waals surface area contributed by atoms with Crippen LogP contribution in [-0.4, -0.2) is 25.7 Å². The van der Waals surface area contributed by atoms with Gasteiger partial charge < -0.3 is 5.32 Å². The van der Waals surface area contributed by atoms with Gasteiger partial charge in [-0.25, -0.2) is 0 Å². The molecule has 0 fully saturated rings. The Balaban J connectivity index is 1.70. The van der Waals surface area contributed by atoms with Gasteiger partial charge in [0, 0.05) is 18.9 Å². The molecular weight excluding hydrogens is 318 g/mol. The number of H-pyrrole nitrogens is 1. The van der Waals surface area contributed by atoms with Gasteiger partial charge in [-0.1, -0.05) is 6.07 Å². The van der Waals surface area contributed by atoms with Crippen molar-refractivity contribution in [2.24, 2.45) is 0 Å². The first-order chi connectivity index (χ1) is 10.7. The molecule has 0 aliphatic heterocycles. The minimum Gasteiger partial charge on any atom is -0.350 e. The fourth-order valence-corrected chi connectivity index (χ4v) is 2.88. The normalized spacial score (nSPS) is 10.5. The van der Waals surface area contributed by atoms with Crippen LogP contribution in [0.15, 0.2) is 42.0 Å². The number of carbonyl (C=O) groups is 1. The van der Waals surface area contributed by atoms with Crippen LogP contribution in [0.1, 0.15) is 5.56 Å². The zero-order valence-electron chi connectivity index (χ0n) is 11.5. The summed E-state index contributed by atoms with van der Waals surface area (Å²) in [5, 5.41) is 11.8. The molecule has 112 valence electrons. The van der Waals surface area contributed by atoms with E-state index in [2.05, 4.69) is 20.5 Å². The van der Waals surface area contributed by atoms with E-state index in [-0.39, 0.29) is 12.5 Å². The summed E-state index contributed by atoms with van der Waals surface area (Å²) in [4.78, 5) is 17.0. The highest BCUT2D eigenvalue weighted by Gasteiger charge is 2.12. The van der Waals surface area contributed by atoms with E-state index >= 15 is 0 Å². The molecule has 1 amide bonds. The molecule has 0 bridgehead atoms. The Hall–Kier alpha value is -2.32. The SMILES string of the molecule is O=C(Cn1c(-c2cccs2)n[nH]c1=S)NCc1ccncc1. The number of aromatic nitrogens is 4. The predicted octanol–water partition coefficient (Wildman–Crippen LogP) is 2.38. The Bertz CT molecular complexity index is 807. The van der Waals surface area contributed by atoms with E-state index < -0.39 is 0 Å². The van der Waals surface area contributed by atoms with Crippen molar-refractivity contribution in [3.8, 4) is 10.7 Å². The molecule has 3 heterocycles. The van der Waals surface area contributed by atoms with Crippen molar-refractivity contribution in [2.45, 2.75) is 13.1 Å². The van der Waals surface area contributed by atoms with Crippen molar-refractivity contribution in [3.63, 3.8) is 0 Å². The molecule has 6 nitrogen and oxygen atoms in total. The lowest BCUT2D eigenvalue weighted by Crippen LogP contribution is -2.27. The number of pyridine rings is 1. The second kappa shape index (κ2) is 6.63. The number of aromatic amines is 1. The van der Waals surface area contributed by atoms with Crippen molar-refractivity contribution >= 4 is 29.5 Å². The van der Waals surface area contributed by atoms with Crippen LogP contribution >= 0.6 is 23.6 Å². The number of hydrogen-bond acceptors (Lipinski definition) is 5. The molecular formula is C14H13N5OS2. The minimum atomic E-state index is -0.118. The van der Waals surface area contributed by atoms with Crippen LogP contribution in [0.4, 0.5) is 0 Å². The number of carbonyl (C=O) groups excluding carboxylic acids is 1. The Morgan fingerprint density at radius 1 is 1.36 bits per heavy atom. The molecule has 22 heavy (non-hydrogen) atoms. The summed E-state index contributed by atoms with van der Waals surface area (Å²) in [7, 11) is 0. The number of amides is 1. The van der Waals surface area contributed by atoms with Gasteiger partial charge >= 0.3 is 0 Å². The monoisotopic (exact) mass is 331 g/mol. The van der Waals surface area contributed by atoms with Crippen molar-refractivity contribution in [1.29, 1.82) is 0 Å². The number of nitrogens with one attached hydrogen (secondary N) is 2. The van der Waals surface area contributed by atoms with E-state index in [1.807, 2.05) is 29.6 Å². The first-order valence-electron chi connectivity index (χ1n) is 6.59. The van der Waals surface area contributed by atoms with E-state index in [1.165, 1.54) is 0 Å². The third-order valence-electron chi connectivity index (χ3n) is 3.04. The number of thiophene rings is 1. The molecule has 0 unspecified atom stereocenters. The third kappa shape index (κ3) is 3.29. The summed E-state index contributed by atoms with van der Waals surface area (Å²) in [5.41, 5.74) is 0.998. The van der Waals surface area contributed by atoms with Gasteiger partial charge in [0.15, 0.2) is 10.6 Å². The maximum atomic E-state index is 12.1. The second-order valence-electron chi connectivity index (χ2n) is 4.55. The molecule has 3 aromatic heterocycles. The van der Waals surface area contributed by atoms with Gasteiger partial charge in [0.2, 0.25) is 5.91 Å². The molecule has 0 aromatic carbocycles. The van der Waals surface area contributed by atoms with Gasteiger partial charge in [-0.2, -0.15) is 5.10 Å². The van der Waals surface area contributed by atoms with Crippen LogP contribution in [0.25, 0.3) is 10.7 Å². The lowest BCUT2D eigenvalue weighted by molar-refractivity contribution is -0.121. The summed E-state index contributed by atoms with van der Waals surface area (Å²) in [6.07, 6.45) is 3.39. The van der Waals surface area contributed by atoms with E-state index in [0.29, 0.717) is 17.1 Å². The topological polar surface area (TPSA) is 75.6 Å². The largest absolute Gasteiger partial charge is 0.350 e. The van der Waals surface area contributed by atoms with Crippen molar-refractivity contribution < 1.29 is 4.79 Å². The van der Waals surface area contributed by atoms with E-state index in [9.17, 15) is 4.79 Å². The molecule has 0 radical (unpaired) electrons. The highest BCUT2D eigenvalue weighted by Crippen LogP contribution is 2.22. The molecule has 0 aliphatic rings. The molecule has 0 atom stereocenters. The van der Waals surface area contributed by atoms with Gasteiger partial charge in [0.1, 0.15) is 6.54 Å². The van der Waals surface area contributed by atoms with E-state index in [1.54, 1.807) is 28.3 Å². The lowest BCUT2D eigenvalue weighted by Gasteiger charge is -2.07. The molecule has 0 spiro atoms. The molecule has 0 saturated carbocycles. The summed E-state index contributed by atoms with van der Waals surface area (Å²) in [5.74, 6) is 0.561. The van der Waals surface area contributed by atoms with Gasteiger partial charge in [-0.05, 0) is 41.4 Å². The van der Waals surface area contributed by atoms with Gasteiger partial charge in [-0.15, -0.1) is 11.3 Å². The Kier molecular flexibility index (Phi) is 4.40. The Morgan fingerprint density at radius 2 is 2.18 bits per heavy atom. The Morgan fingerprint density at radius 3 is 2.91 bits per heavy atom. The number of nitrogens with zero attached hydrogens (tertiary/aromatic N) is 3. The summed E-state index contributed by atoms with van der Waals surface area (Å²) >= 11 is 6.76. The van der Waals surface area contributed by atoms with Crippen LogP contribution in [0, 0.1) is 4.77 Å². The fraction of sp³-hybridized carbons (Fsp3) is 0.143. The quantitative estimate of drug-likeness (QED) is 0.704. The first-order valence-corrected chi connectivity index (χ1v) is 7.87. The van der Waals surface area contributed by atoms with E-state index in [4.69, 9.17) is 12.2 Å². The van der Waals surface area contributed by atoms with E-state index in [0.717, 1.165) is 10.4 Å². The molecule has 3 aromatic rings. The van der Waals surface area contributed by atoms with Crippen LogP contribution < -0.4 is 5.32 Å². The maximum absolute atomic E-state index is 12.1. The molecule has 2 N–H and O–H groups in total. The lowest BCUT2D eigenvalue weighted by atomic mass is 10.3. The zero-order chi connectivity index (χ0) is 15.4. The molecule has 0 aliphatic carbocycles. The van der Waals surface area contributed by atoms with Gasteiger partial charge in [-0.3, -0.25) is 19.4 Å². The van der Waals surface area contributed by atoms with Crippen LogP contribution in [0.3, 0.4) is 0 Å². The highest BCUT2D eigenvalue weighted by molar-refractivity contribution is 7.71. The van der Waals surface area contributed by atoms with Crippen LogP contribution in [0.2, 0.25) is 0 Å². The maximum Gasteiger partial charge on any atom is 0.240 e. The van der Waals surface area contributed by atoms with Crippen LogP contribution in [-0.2, 0) is 17.9 Å². The molecule has 8 heteroatoms. The van der Waals surface area contributed by atoms with Crippen LogP contribution in [0.5, 0.6) is 0 Å². The first kappa shape index (κ1) is 14.6. The smallest absolute Gasteiger partial charge is 0.240 e. The number of rotatable bonds is 5. The predicted molar refractivity (Wildman–Crippen MR) is 86.8 cm³/mol.